The third kappa shape index (κ3) is 4.73. The Balaban J connectivity index is 1.42. The molecule has 0 radical (unpaired) electrons. The van der Waals surface area contributed by atoms with Crippen molar-refractivity contribution in [3.63, 3.8) is 0 Å². The molecule has 1 unspecified atom stereocenters. The minimum absolute atomic E-state index is 0.203. The third-order valence-electron chi connectivity index (χ3n) is 5.21. The molecule has 2 heterocycles. The van der Waals surface area contributed by atoms with Gasteiger partial charge in [-0.3, -0.25) is 9.59 Å². The van der Waals surface area contributed by atoms with E-state index in [4.69, 9.17) is 23.2 Å². The van der Waals surface area contributed by atoms with Crippen LogP contribution in [0.1, 0.15) is 23.2 Å². The molecular weight excluding hydrogens is 442 g/mol. The smallest absolute Gasteiger partial charge is 0.253 e. The lowest BCUT2D eigenvalue weighted by Gasteiger charge is -2.32. The van der Waals surface area contributed by atoms with E-state index in [0.29, 0.717) is 46.4 Å². The first-order chi connectivity index (χ1) is 14.9. The number of piperidine rings is 1. The van der Waals surface area contributed by atoms with Gasteiger partial charge < -0.3 is 10.2 Å². The van der Waals surface area contributed by atoms with Gasteiger partial charge in [-0.05, 0) is 55.3 Å². The summed E-state index contributed by atoms with van der Waals surface area (Å²) in [7, 11) is 0. The minimum Gasteiger partial charge on any atom is -0.338 e. The number of aromatic nitrogens is 2. The number of benzene rings is 2. The summed E-state index contributed by atoms with van der Waals surface area (Å²) in [4.78, 5) is 27.2. The van der Waals surface area contributed by atoms with Crippen LogP contribution in [0.3, 0.4) is 0 Å². The molecule has 0 bridgehead atoms. The molecule has 1 aliphatic heterocycles. The van der Waals surface area contributed by atoms with Crippen LogP contribution in [0.2, 0.25) is 10.0 Å². The van der Waals surface area contributed by atoms with Crippen molar-refractivity contribution in [1.82, 2.24) is 14.7 Å². The van der Waals surface area contributed by atoms with Gasteiger partial charge in [0, 0.05) is 36.7 Å². The van der Waals surface area contributed by atoms with E-state index in [9.17, 15) is 14.0 Å². The van der Waals surface area contributed by atoms with Gasteiger partial charge in [0.25, 0.3) is 5.91 Å². The average Bonchev–Trinajstić information content (AvgIpc) is 3.30. The first-order valence-corrected chi connectivity index (χ1v) is 10.5. The molecule has 1 N–H and O–H groups in total. The monoisotopic (exact) mass is 460 g/mol. The largest absolute Gasteiger partial charge is 0.338 e. The number of hydrogen-bond acceptors (Lipinski definition) is 3. The van der Waals surface area contributed by atoms with Gasteiger partial charge in [-0.25, -0.2) is 9.07 Å². The van der Waals surface area contributed by atoms with Gasteiger partial charge in [-0.2, -0.15) is 5.10 Å². The minimum atomic E-state index is -0.499. The lowest BCUT2D eigenvalue weighted by Crippen LogP contribution is -2.43. The zero-order chi connectivity index (χ0) is 22.0. The number of rotatable bonds is 4. The van der Waals surface area contributed by atoms with Crippen molar-refractivity contribution in [1.29, 1.82) is 0 Å². The SMILES string of the molecule is O=C(Nc1ccc(-n2cccn2)c(F)c1)C1CCCN(C(=O)c2ccc(Cl)c(Cl)c2)C1. The molecule has 1 aromatic heterocycles. The standard InChI is InChI=1S/C22H19Cl2FN4O2/c23-17-6-4-14(11-18(17)24)22(31)28-9-1-3-15(13-28)21(30)27-16-5-7-20(19(25)12-16)29-10-2-8-26-29/h2,4-8,10-12,15H,1,3,9,13H2,(H,27,30). The van der Waals surface area contributed by atoms with E-state index in [2.05, 4.69) is 10.4 Å². The molecular formula is C22H19Cl2FN4O2. The van der Waals surface area contributed by atoms with Gasteiger partial charge in [0.15, 0.2) is 5.82 Å². The molecule has 3 aromatic rings. The van der Waals surface area contributed by atoms with E-state index in [1.807, 2.05) is 0 Å². The Morgan fingerprint density at radius 1 is 1.13 bits per heavy atom. The summed E-state index contributed by atoms with van der Waals surface area (Å²) in [5.41, 5.74) is 1.07. The summed E-state index contributed by atoms with van der Waals surface area (Å²) in [5, 5.41) is 7.44. The second-order valence-electron chi connectivity index (χ2n) is 7.33. The summed E-state index contributed by atoms with van der Waals surface area (Å²) < 4.78 is 15.8. The predicted molar refractivity (Wildman–Crippen MR) is 117 cm³/mol. The Hall–Kier alpha value is -2.90. The van der Waals surface area contributed by atoms with Crippen LogP contribution >= 0.6 is 23.2 Å². The fourth-order valence-electron chi connectivity index (χ4n) is 3.61. The highest BCUT2D eigenvalue weighted by molar-refractivity contribution is 6.42. The second-order valence-corrected chi connectivity index (χ2v) is 8.14. The lowest BCUT2D eigenvalue weighted by atomic mass is 9.96. The fraction of sp³-hybridized carbons (Fsp3) is 0.227. The normalized spacial score (nSPS) is 16.2. The number of amides is 2. The highest BCUT2D eigenvalue weighted by Gasteiger charge is 2.29. The van der Waals surface area contributed by atoms with Crippen LogP contribution in [-0.4, -0.2) is 39.6 Å². The number of halogens is 3. The van der Waals surface area contributed by atoms with Crippen LogP contribution in [0, 0.1) is 11.7 Å². The van der Waals surface area contributed by atoms with Crippen molar-refractivity contribution in [3.05, 3.63) is 76.3 Å². The van der Waals surface area contributed by atoms with Crippen molar-refractivity contribution in [2.24, 2.45) is 5.92 Å². The molecule has 6 nitrogen and oxygen atoms in total. The maximum atomic E-state index is 14.4. The summed E-state index contributed by atoms with van der Waals surface area (Å²) in [6.45, 7) is 0.828. The van der Waals surface area contributed by atoms with Crippen molar-refractivity contribution in [2.75, 3.05) is 18.4 Å². The van der Waals surface area contributed by atoms with E-state index in [1.165, 1.54) is 16.8 Å². The molecule has 0 spiro atoms. The number of hydrogen-bond donors (Lipinski definition) is 1. The Labute approximate surface area is 188 Å². The van der Waals surface area contributed by atoms with E-state index in [1.54, 1.807) is 47.6 Å². The summed E-state index contributed by atoms with van der Waals surface area (Å²) in [6, 6.07) is 10.9. The van der Waals surface area contributed by atoms with Crippen LogP contribution in [0.15, 0.2) is 54.9 Å². The third-order valence-corrected chi connectivity index (χ3v) is 5.95. The highest BCUT2D eigenvalue weighted by atomic mass is 35.5. The Kier molecular flexibility index (Phi) is 6.25. The summed E-state index contributed by atoms with van der Waals surface area (Å²) in [6.07, 6.45) is 4.53. The second kappa shape index (κ2) is 9.08. The number of carbonyl (C=O) groups excluding carboxylic acids is 2. The molecule has 1 aliphatic rings. The molecule has 1 fully saturated rings. The first-order valence-electron chi connectivity index (χ1n) is 9.77. The number of likely N-dealkylation sites (tertiary alicyclic amines) is 1. The lowest BCUT2D eigenvalue weighted by molar-refractivity contribution is -0.121. The molecule has 4 rings (SSSR count). The molecule has 31 heavy (non-hydrogen) atoms. The van der Waals surface area contributed by atoms with Crippen LogP contribution in [0.25, 0.3) is 5.69 Å². The maximum absolute atomic E-state index is 14.4. The summed E-state index contributed by atoms with van der Waals surface area (Å²) >= 11 is 11.9. The average molecular weight is 461 g/mol. The fourth-order valence-corrected chi connectivity index (χ4v) is 3.91. The van der Waals surface area contributed by atoms with Crippen LogP contribution in [0.5, 0.6) is 0 Å². The number of carbonyl (C=O) groups is 2. The van der Waals surface area contributed by atoms with Crippen LogP contribution in [0.4, 0.5) is 10.1 Å². The van der Waals surface area contributed by atoms with E-state index in [-0.39, 0.29) is 18.4 Å². The van der Waals surface area contributed by atoms with Crippen LogP contribution in [-0.2, 0) is 4.79 Å². The molecule has 1 atom stereocenters. The van der Waals surface area contributed by atoms with Gasteiger partial charge in [0.2, 0.25) is 5.91 Å². The van der Waals surface area contributed by atoms with E-state index in [0.717, 1.165) is 0 Å². The number of anilines is 1. The van der Waals surface area contributed by atoms with Crippen molar-refractivity contribution >= 4 is 40.7 Å². The highest BCUT2D eigenvalue weighted by Crippen LogP contribution is 2.26. The van der Waals surface area contributed by atoms with Gasteiger partial charge in [0.1, 0.15) is 5.69 Å². The van der Waals surface area contributed by atoms with Gasteiger partial charge in [-0.15, -0.1) is 0 Å². The Bertz CT molecular complexity index is 1120. The molecule has 160 valence electrons. The zero-order valence-corrected chi connectivity index (χ0v) is 17.9. The van der Waals surface area contributed by atoms with E-state index < -0.39 is 11.7 Å². The van der Waals surface area contributed by atoms with Crippen molar-refractivity contribution in [3.8, 4) is 5.69 Å². The molecule has 9 heteroatoms. The predicted octanol–water partition coefficient (Wildman–Crippen LogP) is 4.81. The van der Waals surface area contributed by atoms with E-state index >= 15 is 0 Å². The molecule has 2 aromatic carbocycles. The molecule has 0 aliphatic carbocycles. The first kappa shape index (κ1) is 21.3. The van der Waals surface area contributed by atoms with Gasteiger partial charge in [0.05, 0.1) is 16.0 Å². The Morgan fingerprint density at radius 3 is 2.68 bits per heavy atom. The molecule has 1 saturated heterocycles. The maximum Gasteiger partial charge on any atom is 0.253 e. The van der Waals surface area contributed by atoms with Crippen molar-refractivity contribution in [2.45, 2.75) is 12.8 Å². The van der Waals surface area contributed by atoms with Gasteiger partial charge in [-0.1, -0.05) is 23.2 Å². The van der Waals surface area contributed by atoms with Gasteiger partial charge >= 0.3 is 0 Å². The number of nitrogens with one attached hydrogen (secondary N) is 1. The Morgan fingerprint density at radius 2 is 1.97 bits per heavy atom. The van der Waals surface area contributed by atoms with Crippen molar-refractivity contribution < 1.29 is 14.0 Å². The molecule has 2 amide bonds. The summed E-state index contributed by atoms with van der Waals surface area (Å²) in [5.74, 6) is -1.35. The quantitative estimate of drug-likeness (QED) is 0.607. The van der Waals surface area contributed by atoms with Crippen LogP contribution < -0.4 is 5.32 Å². The number of nitrogens with zero attached hydrogens (tertiary/aromatic N) is 3. The zero-order valence-electron chi connectivity index (χ0n) is 16.4. The molecule has 0 saturated carbocycles. The topological polar surface area (TPSA) is 67.2 Å².